The number of benzene rings is 1. The first kappa shape index (κ1) is 18.0. The number of carbonyl (C=O) groups is 2. The molecule has 1 aromatic heterocycles. The largest absolute Gasteiger partial charge is 0.493 e. The summed E-state index contributed by atoms with van der Waals surface area (Å²) in [5.41, 5.74) is 3.90. The second-order valence-electron chi connectivity index (χ2n) is 6.45. The van der Waals surface area contributed by atoms with Crippen LogP contribution < -0.4 is 14.8 Å². The molecule has 2 N–H and O–H groups in total. The van der Waals surface area contributed by atoms with E-state index in [2.05, 4.69) is 10.3 Å². The van der Waals surface area contributed by atoms with Crippen LogP contribution in [0.25, 0.3) is 0 Å². The van der Waals surface area contributed by atoms with Gasteiger partial charge in [-0.05, 0) is 49.4 Å². The third-order valence-electron chi connectivity index (χ3n) is 4.81. The highest BCUT2D eigenvalue weighted by atomic mass is 16.5. The Balaban J connectivity index is 1.64. The van der Waals surface area contributed by atoms with Crippen molar-refractivity contribution in [3.05, 3.63) is 46.3 Å². The molecular formula is C20H24N2O4. The predicted octanol–water partition coefficient (Wildman–Crippen LogP) is 2.83. The second-order valence-corrected chi connectivity index (χ2v) is 6.45. The van der Waals surface area contributed by atoms with E-state index < -0.39 is 0 Å². The van der Waals surface area contributed by atoms with Gasteiger partial charge in [-0.2, -0.15) is 0 Å². The molecule has 6 nitrogen and oxygen atoms in total. The topological polar surface area (TPSA) is 80.4 Å². The zero-order valence-electron chi connectivity index (χ0n) is 15.4. The molecule has 0 saturated carbocycles. The molecule has 0 saturated heterocycles. The number of H-pyrrole nitrogens is 1. The van der Waals surface area contributed by atoms with E-state index in [0.717, 1.165) is 29.7 Å². The fourth-order valence-corrected chi connectivity index (χ4v) is 3.45. The molecule has 2 aromatic rings. The molecule has 0 fully saturated rings. The van der Waals surface area contributed by atoms with E-state index in [0.29, 0.717) is 42.1 Å². The Morgan fingerprint density at radius 3 is 2.65 bits per heavy atom. The lowest BCUT2D eigenvalue weighted by atomic mass is 9.94. The minimum Gasteiger partial charge on any atom is -0.493 e. The van der Waals surface area contributed by atoms with Crippen molar-refractivity contribution in [3.63, 3.8) is 0 Å². The molecule has 3 rings (SSSR count). The van der Waals surface area contributed by atoms with E-state index in [9.17, 15) is 9.59 Å². The summed E-state index contributed by atoms with van der Waals surface area (Å²) >= 11 is 0. The molecule has 1 amide bonds. The number of rotatable bonds is 6. The van der Waals surface area contributed by atoms with Gasteiger partial charge in [-0.1, -0.05) is 6.07 Å². The van der Waals surface area contributed by atoms with Crippen molar-refractivity contribution in [2.45, 2.75) is 32.6 Å². The summed E-state index contributed by atoms with van der Waals surface area (Å²) in [4.78, 5) is 27.7. The second kappa shape index (κ2) is 7.64. The molecule has 0 spiro atoms. The van der Waals surface area contributed by atoms with E-state index in [1.54, 1.807) is 14.2 Å². The number of fused-ring (bicyclic) bond motifs is 1. The molecule has 0 unspecified atom stereocenters. The van der Waals surface area contributed by atoms with Gasteiger partial charge in [0, 0.05) is 24.2 Å². The van der Waals surface area contributed by atoms with Crippen LogP contribution in [0.1, 0.15) is 50.5 Å². The number of ketones is 1. The fourth-order valence-electron chi connectivity index (χ4n) is 3.45. The number of aromatic amines is 1. The average Bonchev–Trinajstić information content (AvgIpc) is 2.99. The Hall–Kier alpha value is -2.76. The summed E-state index contributed by atoms with van der Waals surface area (Å²) in [6.45, 7) is 2.33. The molecule has 1 aliphatic rings. The number of Topliss-reactive ketones (excluding diaryl/α,β-unsaturated/α-hetero) is 1. The molecule has 0 radical (unpaired) electrons. The van der Waals surface area contributed by atoms with Gasteiger partial charge in [-0.3, -0.25) is 9.59 Å². The highest BCUT2D eigenvalue weighted by Crippen LogP contribution is 2.28. The first-order valence-corrected chi connectivity index (χ1v) is 8.79. The van der Waals surface area contributed by atoms with Gasteiger partial charge >= 0.3 is 0 Å². The van der Waals surface area contributed by atoms with Crippen molar-refractivity contribution in [1.82, 2.24) is 10.3 Å². The van der Waals surface area contributed by atoms with Crippen LogP contribution in [-0.4, -0.2) is 37.4 Å². The number of aromatic nitrogens is 1. The van der Waals surface area contributed by atoms with Crippen LogP contribution in [0, 0.1) is 6.92 Å². The van der Waals surface area contributed by atoms with E-state index in [1.807, 2.05) is 25.1 Å². The van der Waals surface area contributed by atoms with E-state index in [1.165, 1.54) is 0 Å². The Labute approximate surface area is 152 Å². The smallest absolute Gasteiger partial charge is 0.268 e. The van der Waals surface area contributed by atoms with Crippen molar-refractivity contribution >= 4 is 11.7 Å². The van der Waals surface area contributed by atoms with Crippen LogP contribution in [-0.2, 0) is 12.8 Å². The standard InChI is InChI=1S/C20H24N2O4/c1-12-18-14(5-4-6-15(18)23)22-19(12)20(24)21-10-9-13-7-8-16(25-2)17(11-13)26-3/h7-8,11,22H,4-6,9-10H2,1-3H3,(H,21,24). The van der Waals surface area contributed by atoms with Crippen molar-refractivity contribution in [2.75, 3.05) is 20.8 Å². The highest BCUT2D eigenvalue weighted by molar-refractivity contribution is 6.04. The molecule has 1 aromatic carbocycles. The SMILES string of the molecule is COc1ccc(CCNC(=O)c2[nH]c3c(c2C)C(=O)CCC3)cc1OC. The summed E-state index contributed by atoms with van der Waals surface area (Å²) in [6, 6.07) is 5.71. The summed E-state index contributed by atoms with van der Waals surface area (Å²) in [5, 5.41) is 2.92. The third-order valence-corrected chi connectivity index (χ3v) is 4.81. The Morgan fingerprint density at radius 2 is 1.96 bits per heavy atom. The third kappa shape index (κ3) is 3.45. The summed E-state index contributed by atoms with van der Waals surface area (Å²) < 4.78 is 10.5. The van der Waals surface area contributed by atoms with Crippen molar-refractivity contribution in [3.8, 4) is 11.5 Å². The maximum atomic E-state index is 12.5. The number of hydrogen-bond acceptors (Lipinski definition) is 4. The quantitative estimate of drug-likeness (QED) is 0.834. The number of hydrogen-bond donors (Lipinski definition) is 2. The van der Waals surface area contributed by atoms with E-state index >= 15 is 0 Å². The number of aryl methyl sites for hydroxylation is 1. The highest BCUT2D eigenvalue weighted by Gasteiger charge is 2.26. The Bertz CT molecular complexity index is 839. The first-order chi connectivity index (χ1) is 12.5. The summed E-state index contributed by atoms with van der Waals surface area (Å²) in [7, 11) is 3.20. The lowest BCUT2D eigenvalue weighted by Crippen LogP contribution is -2.26. The van der Waals surface area contributed by atoms with Gasteiger partial charge in [0.2, 0.25) is 0 Å². The molecule has 0 aliphatic heterocycles. The van der Waals surface area contributed by atoms with Crippen LogP contribution >= 0.6 is 0 Å². The van der Waals surface area contributed by atoms with Gasteiger partial charge in [0.1, 0.15) is 5.69 Å². The van der Waals surface area contributed by atoms with Gasteiger partial charge in [0.15, 0.2) is 17.3 Å². The van der Waals surface area contributed by atoms with Crippen molar-refractivity contribution in [2.24, 2.45) is 0 Å². The number of carbonyl (C=O) groups excluding carboxylic acids is 2. The van der Waals surface area contributed by atoms with Crippen LogP contribution in [0.4, 0.5) is 0 Å². The summed E-state index contributed by atoms with van der Waals surface area (Å²) in [6.07, 6.45) is 2.89. The number of ether oxygens (including phenoxy) is 2. The Morgan fingerprint density at radius 1 is 1.19 bits per heavy atom. The lowest BCUT2D eigenvalue weighted by Gasteiger charge is -2.10. The number of amides is 1. The van der Waals surface area contributed by atoms with Crippen molar-refractivity contribution in [1.29, 1.82) is 0 Å². The van der Waals surface area contributed by atoms with Gasteiger partial charge in [0.25, 0.3) is 5.91 Å². The van der Waals surface area contributed by atoms with Gasteiger partial charge in [-0.15, -0.1) is 0 Å². The van der Waals surface area contributed by atoms with Gasteiger partial charge < -0.3 is 19.8 Å². The van der Waals surface area contributed by atoms with Crippen LogP contribution in [0.5, 0.6) is 11.5 Å². The van der Waals surface area contributed by atoms with Crippen LogP contribution in [0.15, 0.2) is 18.2 Å². The predicted molar refractivity (Wildman–Crippen MR) is 98.4 cm³/mol. The lowest BCUT2D eigenvalue weighted by molar-refractivity contribution is 0.0948. The van der Waals surface area contributed by atoms with Gasteiger partial charge in [-0.25, -0.2) is 0 Å². The molecule has 1 heterocycles. The monoisotopic (exact) mass is 356 g/mol. The van der Waals surface area contributed by atoms with Gasteiger partial charge in [0.05, 0.1) is 14.2 Å². The molecule has 1 aliphatic carbocycles. The van der Waals surface area contributed by atoms with Crippen LogP contribution in [0.2, 0.25) is 0 Å². The van der Waals surface area contributed by atoms with E-state index in [-0.39, 0.29) is 11.7 Å². The number of methoxy groups -OCH3 is 2. The average molecular weight is 356 g/mol. The molecule has 0 bridgehead atoms. The summed E-state index contributed by atoms with van der Waals surface area (Å²) in [5.74, 6) is 1.30. The molecule has 6 heteroatoms. The number of nitrogens with one attached hydrogen (secondary N) is 2. The Kier molecular flexibility index (Phi) is 5.30. The minimum absolute atomic E-state index is 0.129. The maximum absolute atomic E-state index is 12.5. The normalized spacial score (nSPS) is 13.3. The zero-order chi connectivity index (χ0) is 18.7. The molecular weight excluding hydrogens is 332 g/mol. The van der Waals surface area contributed by atoms with E-state index in [4.69, 9.17) is 9.47 Å². The van der Waals surface area contributed by atoms with Crippen molar-refractivity contribution < 1.29 is 19.1 Å². The molecule has 138 valence electrons. The van der Waals surface area contributed by atoms with Crippen LogP contribution in [0.3, 0.4) is 0 Å². The maximum Gasteiger partial charge on any atom is 0.268 e. The first-order valence-electron chi connectivity index (χ1n) is 8.79. The molecule has 0 atom stereocenters. The minimum atomic E-state index is -0.176. The zero-order valence-corrected chi connectivity index (χ0v) is 15.4. The molecule has 26 heavy (non-hydrogen) atoms. The fraction of sp³-hybridized carbons (Fsp3) is 0.400.